The topological polar surface area (TPSA) is 52.3 Å². The third kappa shape index (κ3) is 2.85. The third-order valence-electron chi connectivity index (χ3n) is 1.95. The van der Waals surface area contributed by atoms with Crippen LogP contribution in [0, 0.1) is 5.92 Å². The second kappa shape index (κ2) is 4.77. The lowest BCUT2D eigenvalue weighted by Crippen LogP contribution is -2.38. The van der Waals surface area contributed by atoms with Gasteiger partial charge in [0.15, 0.2) is 0 Å². The van der Waals surface area contributed by atoms with E-state index in [0.29, 0.717) is 5.75 Å². The highest BCUT2D eigenvalue weighted by atomic mass is 16.5. The van der Waals surface area contributed by atoms with E-state index in [4.69, 9.17) is 10.5 Å². The first-order valence-electron chi connectivity index (χ1n) is 4.63. The van der Waals surface area contributed by atoms with Crippen molar-refractivity contribution in [1.82, 2.24) is 0 Å². The van der Waals surface area contributed by atoms with Gasteiger partial charge in [0, 0.05) is 0 Å². The quantitative estimate of drug-likeness (QED) is 0.585. The van der Waals surface area contributed by atoms with Gasteiger partial charge in [-0.2, -0.15) is 0 Å². The zero-order valence-electron chi connectivity index (χ0n) is 8.44. The molecule has 0 aliphatic heterocycles. The Morgan fingerprint density at radius 1 is 1.29 bits per heavy atom. The maximum atomic E-state index is 11.4. The fourth-order valence-electron chi connectivity index (χ4n) is 0.945. The number of nitrogens with two attached hydrogens (primary N) is 1. The zero-order valence-corrected chi connectivity index (χ0v) is 8.44. The molecule has 1 rings (SSSR count). The van der Waals surface area contributed by atoms with Gasteiger partial charge < -0.3 is 10.5 Å². The summed E-state index contributed by atoms with van der Waals surface area (Å²) in [5.74, 6) is 0.242. The van der Waals surface area contributed by atoms with E-state index in [9.17, 15) is 4.79 Å². The van der Waals surface area contributed by atoms with E-state index < -0.39 is 6.04 Å². The Balaban J connectivity index is 2.58. The summed E-state index contributed by atoms with van der Waals surface area (Å²) in [7, 11) is 0. The fourth-order valence-corrected chi connectivity index (χ4v) is 0.945. The highest BCUT2D eigenvalue weighted by Crippen LogP contribution is 2.10. The van der Waals surface area contributed by atoms with Crippen molar-refractivity contribution in [1.29, 1.82) is 0 Å². The molecule has 76 valence electrons. The van der Waals surface area contributed by atoms with Gasteiger partial charge in [-0.25, -0.2) is 4.79 Å². The molecule has 0 heterocycles. The SMILES string of the molecule is CC(C)[C@H](N)C(=O)Oc1ccccc1. The third-order valence-corrected chi connectivity index (χ3v) is 1.95. The summed E-state index contributed by atoms with van der Waals surface area (Å²) in [6, 6.07) is 8.37. The summed E-state index contributed by atoms with van der Waals surface area (Å²) in [4.78, 5) is 11.4. The van der Waals surface area contributed by atoms with Crippen LogP contribution in [0.25, 0.3) is 0 Å². The summed E-state index contributed by atoms with van der Waals surface area (Å²) in [5, 5.41) is 0. The highest BCUT2D eigenvalue weighted by Gasteiger charge is 2.19. The number of hydrogen-bond donors (Lipinski definition) is 1. The van der Waals surface area contributed by atoms with Gasteiger partial charge in [0.2, 0.25) is 0 Å². The lowest BCUT2D eigenvalue weighted by Gasteiger charge is -2.13. The molecule has 0 aliphatic carbocycles. The van der Waals surface area contributed by atoms with E-state index in [-0.39, 0.29) is 11.9 Å². The van der Waals surface area contributed by atoms with Crippen LogP contribution in [-0.4, -0.2) is 12.0 Å². The van der Waals surface area contributed by atoms with Crippen LogP contribution in [0.2, 0.25) is 0 Å². The van der Waals surface area contributed by atoms with Gasteiger partial charge in [0.1, 0.15) is 11.8 Å². The van der Waals surface area contributed by atoms with Gasteiger partial charge in [-0.15, -0.1) is 0 Å². The van der Waals surface area contributed by atoms with Gasteiger partial charge >= 0.3 is 5.97 Å². The number of hydrogen-bond acceptors (Lipinski definition) is 3. The average molecular weight is 193 g/mol. The van der Waals surface area contributed by atoms with Crippen molar-refractivity contribution in [3.8, 4) is 5.75 Å². The zero-order chi connectivity index (χ0) is 10.6. The molecular formula is C11H15NO2. The number of rotatable bonds is 3. The van der Waals surface area contributed by atoms with E-state index in [1.54, 1.807) is 12.1 Å². The molecule has 2 N–H and O–H groups in total. The van der Waals surface area contributed by atoms with Gasteiger partial charge in [-0.1, -0.05) is 32.0 Å². The van der Waals surface area contributed by atoms with Crippen molar-refractivity contribution in [2.75, 3.05) is 0 Å². The first-order valence-corrected chi connectivity index (χ1v) is 4.63. The van der Waals surface area contributed by atoms with Gasteiger partial charge in [-0.05, 0) is 18.1 Å². The van der Waals surface area contributed by atoms with E-state index in [2.05, 4.69) is 0 Å². The molecule has 0 amide bonds. The molecule has 0 bridgehead atoms. The van der Waals surface area contributed by atoms with Crippen LogP contribution >= 0.6 is 0 Å². The number of carbonyl (C=O) groups excluding carboxylic acids is 1. The van der Waals surface area contributed by atoms with Crippen LogP contribution in [0.4, 0.5) is 0 Å². The summed E-state index contributed by atoms with van der Waals surface area (Å²) in [6.07, 6.45) is 0. The Morgan fingerprint density at radius 2 is 1.86 bits per heavy atom. The molecule has 0 saturated heterocycles. The molecule has 3 nitrogen and oxygen atoms in total. The maximum Gasteiger partial charge on any atom is 0.328 e. The Kier molecular flexibility index (Phi) is 3.65. The molecule has 3 heteroatoms. The number of ether oxygens (including phenoxy) is 1. The van der Waals surface area contributed by atoms with Crippen LogP contribution < -0.4 is 10.5 Å². The van der Waals surface area contributed by atoms with E-state index in [0.717, 1.165) is 0 Å². The summed E-state index contributed by atoms with van der Waals surface area (Å²) < 4.78 is 5.07. The Bertz CT molecular complexity index is 295. The fraction of sp³-hybridized carbons (Fsp3) is 0.364. The van der Waals surface area contributed by atoms with Gasteiger partial charge in [0.05, 0.1) is 0 Å². The minimum absolute atomic E-state index is 0.0891. The molecule has 0 fully saturated rings. The Labute approximate surface area is 83.9 Å². The molecule has 1 atom stereocenters. The minimum Gasteiger partial charge on any atom is -0.425 e. The first-order chi connectivity index (χ1) is 6.61. The van der Waals surface area contributed by atoms with Crippen LogP contribution in [0.15, 0.2) is 30.3 Å². The number of esters is 1. The minimum atomic E-state index is -0.560. The van der Waals surface area contributed by atoms with Crippen LogP contribution in [0.5, 0.6) is 5.75 Å². The maximum absolute atomic E-state index is 11.4. The van der Waals surface area contributed by atoms with Crippen molar-refractivity contribution >= 4 is 5.97 Å². The van der Waals surface area contributed by atoms with Crippen LogP contribution in [-0.2, 0) is 4.79 Å². The molecule has 0 aromatic heterocycles. The highest BCUT2D eigenvalue weighted by molar-refractivity contribution is 5.78. The molecule has 0 radical (unpaired) electrons. The van der Waals surface area contributed by atoms with Crippen LogP contribution in [0.3, 0.4) is 0 Å². The van der Waals surface area contributed by atoms with Crippen LogP contribution in [0.1, 0.15) is 13.8 Å². The predicted octanol–water partition coefficient (Wildman–Crippen LogP) is 1.58. The number of para-hydroxylation sites is 1. The monoisotopic (exact) mass is 193 g/mol. The molecule has 0 aliphatic rings. The molecule has 0 saturated carbocycles. The lowest BCUT2D eigenvalue weighted by atomic mass is 10.1. The average Bonchev–Trinajstić information content (AvgIpc) is 2.18. The molecule has 14 heavy (non-hydrogen) atoms. The Morgan fingerprint density at radius 3 is 2.36 bits per heavy atom. The van der Waals surface area contributed by atoms with Gasteiger partial charge in [0.25, 0.3) is 0 Å². The molecular weight excluding hydrogens is 178 g/mol. The van der Waals surface area contributed by atoms with Gasteiger partial charge in [-0.3, -0.25) is 0 Å². The molecule has 0 spiro atoms. The summed E-state index contributed by atoms with van der Waals surface area (Å²) in [6.45, 7) is 3.77. The number of carbonyl (C=O) groups is 1. The second-order valence-corrected chi connectivity index (χ2v) is 3.50. The standard InChI is InChI=1S/C11H15NO2/c1-8(2)10(12)11(13)14-9-6-4-3-5-7-9/h3-8,10H,12H2,1-2H3/t10-/m0/s1. The smallest absolute Gasteiger partial charge is 0.328 e. The Hall–Kier alpha value is -1.35. The first kappa shape index (κ1) is 10.7. The second-order valence-electron chi connectivity index (χ2n) is 3.50. The van der Waals surface area contributed by atoms with E-state index in [1.165, 1.54) is 0 Å². The van der Waals surface area contributed by atoms with Crippen molar-refractivity contribution < 1.29 is 9.53 Å². The largest absolute Gasteiger partial charge is 0.425 e. The summed E-state index contributed by atoms with van der Waals surface area (Å²) in [5.41, 5.74) is 5.63. The van der Waals surface area contributed by atoms with E-state index in [1.807, 2.05) is 32.0 Å². The summed E-state index contributed by atoms with van der Waals surface area (Å²) >= 11 is 0. The van der Waals surface area contributed by atoms with E-state index >= 15 is 0 Å². The van der Waals surface area contributed by atoms with Crippen molar-refractivity contribution in [2.24, 2.45) is 11.7 Å². The van der Waals surface area contributed by atoms with Crippen molar-refractivity contribution in [3.63, 3.8) is 0 Å². The lowest BCUT2D eigenvalue weighted by molar-refractivity contribution is -0.136. The van der Waals surface area contributed by atoms with Crippen molar-refractivity contribution in [2.45, 2.75) is 19.9 Å². The van der Waals surface area contributed by atoms with Crippen molar-refractivity contribution in [3.05, 3.63) is 30.3 Å². The predicted molar refractivity (Wildman–Crippen MR) is 54.9 cm³/mol. The molecule has 0 unspecified atom stereocenters. The molecule has 1 aromatic rings. The normalized spacial score (nSPS) is 12.6. The molecule has 1 aromatic carbocycles. The number of benzene rings is 1.